The molecule has 4 heteroatoms. The minimum atomic E-state index is -0.237. The number of anilines is 1. The van der Waals surface area contributed by atoms with E-state index in [2.05, 4.69) is 16.3 Å². The summed E-state index contributed by atoms with van der Waals surface area (Å²) in [5.41, 5.74) is 7.30. The zero-order valence-corrected chi connectivity index (χ0v) is 10.5. The van der Waals surface area contributed by atoms with Crippen molar-refractivity contribution in [3.8, 4) is 0 Å². The molecule has 1 aromatic carbocycles. The molecule has 0 aliphatic heterocycles. The Kier molecular flexibility index (Phi) is 3.76. The third-order valence-electron chi connectivity index (χ3n) is 2.55. The van der Waals surface area contributed by atoms with Gasteiger partial charge < -0.3 is 5.73 Å². The van der Waals surface area contributed by atoms with Crippen LogP contribution >= 0.6 is 11.3 Å². The normalized spacial score (nSPS) is 11.0. The summed E-state index contributed by atoms with van der Waals surface area (Å²) in [6.07, 6.45) is 0. The summed E-state index contributed by atoms with van der Waals surface area (Å²) in [4.78, 5) is 3.42. The summed E-state index contributed by atoms with van der Waals surface area (Å²) < 4.78 is 13.1. The molecule has 2 rings (SSSR count). The van der Waals surface area contributed by atoms with Gasteiger partial charge in [-0.05, 0) is 42.3 Å². The maximum Gasteiger partial charge on any atom is 0.123 e. The molecule has 0 amide bonds. The smallest absolute Gasteiger partial charge is 0.123 e. The fourth-order valence-corrected chi connectivity index (χ4v) is 2.51. The van der Waals surface area contributed by atoms with Crippen molar-refractivity contribution in [2.45, 2.75) is 13.1 Å². The quantitative estimate of drug-likeness (QED) is 0.845. The van der Waals surface area contributed by atoms with E-state index in [4.69, 9.17) is 5.73 Å². The number of thiophene rings is 1. The summed E-state index contributed by atoms with van der Waals surface area (Å²) in [7, 11) is 2.00. The molecule has 0 unspecified atom stereocenters. The molecule has 0 saturated carbocycles. The van der Waals surface area contributed by atoms with Gasteiger partial charge in [0.2, 0.25) is 0 Å². The van der Waals surface area contributed by atoms with Gasteiger partial charge in [-0.1, -0.05) is 6.07 Å². The average molecular weight is 250 g/mol. The molecule has 90 valence electrons. The Morgan fingerprint density at radius 1 is 1.29 bits per heavy atom. The third kappa shape index (κ3) is 3.28. The monoisotopic (exact) mass is 250 g/mol. The van der Waals surface area contributed by atoms with E-state index >= 15 is 0 Å². The largest absolute Gasteiger partial charge is 0.398 e. The summed E-state index contributed by atoms with van der Waals surface area (Å²) >= 11 is 1.72. The first kappa shape index (κ1) is 12.1. The summed E-state index contributed by atoms with van der Waals surface area (Å²) in [5.74, 6) is -0.237. The van der Waals surface area contributed by atoms with Crippen LogP contribution in [0.25, 0.3) is 0 Å². The SMILES string of the molecule is CN(Cc1cccs1)Cc1cc(F)ccc1N. The fraction of sp³-hybridized carbons (Fsp3) is 0.231. The molecular formula is C13H15FN2S. The highest BCUT2D eigenvalue weighted by Crippen LogP contribution is 2.17. The van der Waals surface area contributed by atoms with Crippen molar-refractivity contribution >= 4 is 17.0 Å². The lowest BCUT2D eigenvalue weighted by Gasteiger charge is -2.17. The Balaban J connectivity index is 2.02. The first-order valence-corrected chi connectivity index (χ1v) is 6.28. The van der Waals surface area contributed by atoms with Gasteiger partial charge in [-0.3, -0.25) is 4.90 Å². The van der Waals surface area contributed by atoms with E-state index < -0.39 is 0 Å². The Morgan fingerprint density at radius 3 is 2.82 bits per heavy atom. The molecule has 2 N–H and O–H groups in total. The van der Waals surface area contributed by atoms with Crippen LogP contribution in [0.15, 0.2) is 35.7 Å². The maximum absolute atomic E-state index is 13.1. The van der Waals surface area contributed by atoms with Crippen molar-refractivity contribution < 1.29 is 4.39 Å². The number of hydrogen-bond donors (Lipinski definition) is 1. The van der Waals surface area contributed by atoms with E-state index in [9.17, 15) is 4.39 Å². The van der Waals surface area contributed by atoms with Crippen molar-refractivity contribution in [1.29, 1.82) is 0 Å². The van der Waals surface area contributed by atoms with Crippen LogP contribution in [0.1, 0.15) is 10.4 Å². The van der Waals surface area contributed by atoms with Gasteiger partial charge in [-0.2, -0.15) is 0 Å². The van der Waals surface area contributed by atoms with Gasteiger partial charge in [0.15, 0.2) is 0 Å². The van der Waals surface area contributed by atoms with Crippen LogP contribution in [0, 0.1) is 5.82 Å². The van der Waals surface area contributed by atoms with Gasteiger partial charge >= 0.3 is 0 Å². The number of rotatable bonds is 4. The number of nitrogens with two attached hydrogens (primary N) is 1. The van der Waals surface area contributed by atoms with Crippen LogP contribution in [0.4, 0.5) is 10.1 Å². The fourth-order valence-electron chi connectivity index (χ4n) is 1.73. The second kappa shape index (κ2) is 5.29. The Hall–Kier alpha value is -1.39. The average Bonchev–Trinajstić information content (AvgIpc) is 2.76. The zero-order chi connectivity index (χ0) is 12.3. The topological polar surface area (TPSA) is 29.3 Å². The van der Waals surface area contributed by atoms with Crippen LogP contribution in [-0.2, 0) is 13.1 Å². The van der Waals surface area contributed by atoms with Crippen LogP contribution in [0.3, 0.4) is 0 Å². The maximum atomic E-state index is 13.1. The first-order valence-electron chi connectivity index (χ1n) is 5.40. The molecule has 2 aromatic rings. The van der Waals surface area contributed by atoms with Crippen molar-refractivity contribution in [3.63, 3.8) is 0 Å². The molecule has 1 aromatic heterocycles. The van der Waals surface area contributed by atoms with Crippen LogP contribution in [0.5, 0.6) is 0 Å². The first-order chi connectivity index (χ1) is 8.15. The van der Waals surface area contributed by atoms with Gasteiger partial charge in [-0.15, -0.1) is 11.3 Å². The van der Waals surface area contributed by atoms with E-state index in [-0.39, 0.29) is 5.82 Å². The molecule has 0 spiro atoms. The molecule has 17 heavy (non-hydrogen) atoms. The lowest BCUT2D eigenvalue weighted by molar-refractivity contribution is 0.322. The molecule has 0 aliphatic rings. The van der Waals surface area contributed by atoms with Crippen molar-refractivity contribution in [2.75, 3.05) is 12.8 Å². The molecule has 0 atom stereocenters. The molecule has 0 fully saturated rings. The van der Waals surface area contributed by atoms with E-state index in [1.54, 1.807) is 17.4 Å². The Bertz CT molecular complexity index is 482. The van der Waals surface area contributed by atoms with Crippen LogP contribution in [0.2, 0.25) is 0 Å². The number of benzene rings is 1. The van der Waals surface area contributed by atoms with Crippen LogP contribution < -0.4 is 5.73 Å². The lowest BCUT2D eigenvalue weighted by Crippen LogP contribution is -2.17. The Morgan fingerprint density at radius 2 is 2.12 bits per heavy atom. The van der Waals surface area contributed by atoms with Gasteiger partial charge in [0, 0.05) is 23.7 Å². The molecular weight excluding hydrogens is 235 g/mol. The second-order valence-corrected chi connectivity index (χ2v) is 5.13. The highest BCUT2D eigenvalue weighted by atomic mass is 32.1. The van der Waals surface area contributed by atoms with E-state index in [0.29, 0.717) is 12.2 Å². The number of nitrogens with zero attached hydrogens (tertiary/aromatic N) is 1. The summed E-state index contributed by atoms with van der Waals surface area (Å²) in [6.45, 7) is 1.51. The minimum Gasteiger partial charge on any atom is -0.398 e. The molecule has 0 radical (unpaired) electrons. The van der Waals surface area contributed by atoms with Crippen molar-refractivity contribution in [3.05, 3.63) is 52.0 Å². The highest BCUT2D eigenvalue weighted by molar-refractivity contribution is 7.09. The summed E-state index contributed by atoms with van der Waals surface area (Å²) in [5, 5.41) is 2.06. The highest BCUT2D eigenvalue weighted by Gasteiger charge is 2.06. The van der Waals surface area contributed by atoms with Crippen molar-refractivity contribution in [2.24, 2.45) is 0 Å². The van der Waals surface area contributed by atoms with E-state index in [1.165, 1.54) is 17.0 Å². The van der Waals surface area contributed by atoms with Gasteiger partial charge in [0.05, 0.1) is 0 Å². The number of halogens is 1. The number of nitrogen functional groups attached to an aromatic ring is 1. The van der Waals surface area contributed by atoms with Gasteiger partial charge in [-0.25, -0.2) is 4.39 Å². The third-order valence-corrected chi connectivity index (χ3v) is 3.41. The van der Waals surface area contributed by atoms with Crippen LogP contribution in [-0.4, -0.2) is 11.9 Å². The molecule has 0 saturated heterocycles. The van der Waals surface area contributed by atoms with Crippen molar-refractivity contribution in [1.82, 2.24) is 4.90 Å². The number of hydrogen-bond acceptors (Lipinski definition) is 3. The second-order valence-electron chi connectivity index (χ2n) is 4.09. The van der Waals surface area contributed by atoms with Gasteiger partial charge in [0.25, 0.3) is 0 Å². The molecule has 2 nitrogen and oxygen atoms in total. The van der Waals surface area contributed by atoms with E-state index in [1.807, 2.05) is 13.1 Å². The summed E-state index contributed by atoms with van der Waals surface area (Å²) in [6, 6.07) is 8.63. The molecule has 0 bridgehead atoms. The zero-order valence-electron chi connectivity index (χ0n) is 9.69. The minimum absolute atomic E-state index is 0.237. The molecule has 1 heterocycles. The lowest BCUT2D eigenvalue weighted by atomic mass is 10.1. The molecule has 0 aliphatic carbocycles. The predicted octanol–water partition coefficient (Wildman–Crippen LogP) is 3.10. The standard InChI is InChI=1S/C13H15FN2S/c1-16(9-12-3-2-6-17-12)8-10-7-11(14)4-5-13(10)15/h2-7H,8-9,15H2,1H3. The van der Waals surface area contributed by atoms with E-state index in [0.717, 1.165) is 12.1 Å². The predicted molar refractivity (Wildman–Crippen MR) is 70.3 cm³/mol. The Labute approximate surface area is 104 Å². The van der Waals surface area contributed by atoms with Gasteiger partial charge in [0.1, 0.15) is 5.82 Å².